The lowest BCUT2D eigenvalue weighted by molar-refractivity contribution is -0.155. The lowest BCUT2D eigenvalue weighted by atomic mass is 10.1. The van der Waals surface area contributed by atoms with E-state index in [0.29, 0.717) is 22.8 Å². The van der Waals surface area contributed by atoms with Crippen molar-refractivity contribution in [2.24, 2.45) is 0 Å². The van der Waals surface area contributed by atoms with Crippen molar-refractivity contribution < 1.29 is 28.7 Å². The van der Waals surface area contributed by atoms with Gasteiger partial charge in [-0.15, -0.1) is 0 Å². The van der Waals surface area contributed by atoms with Crippen LogP contribution in [0.1, 0.15) is 20.3 Å². The number of rotatable bonds is 6. The smallest absolute Gasteiger partial charge is 0.310 e. The largest absolute Gasteiger partial charge is 0.478 e. The Hall–Kier alpha value is -3.88. The SMILES string of the molecule is CC(=O)Nc1ccc(NC(=O)C(C)OC(=O)CC2Oc3ccccc3NC2=O)cc1. The van der Waals surface area contributed by atoms with Crippen LogP contribution in [0, 0.1) is 0 Å². The second kappa shape index (κ2) is 9.08. The molecule has 2 aromatic rings. The summed E-state index contributed by atoms with van der Waals surface area (Å²) < 4.78 is 10.7. The number of benzene rings is 2. The summed E-state index contributed by atoms with van der Waals surface area (Å²) in [4.78, 5) is 47.6. The number of hydrogen-bond acceptors (Lipinski definition) is 6. The zero-order valence-corrected chi connectivity index (χ0v) is 16.4. The van der Waals surface area contributed by atoms with Crippen molar-refractivity contribution in [2.45, 2.75) is 32.5 Å². The van der Waals surface area contributed by atoms with E-state index in [-0.39, 0.29) is 12.3 Å². The fourth-order valence-corrected chi connectivity index (χ4v) is 2.76. The number of carbonyl (C=O) groups excluding carboxylic acids is 4. The monoisotopic (exact) mass is 411 g/mol. The molecule has 9 nitrogen and oxygen atoms in total. The number of carbonyl (C=O) groups is 4. The molecule has 0 fully saturated rings. The first-order chi connectivity index (χ1) is 14.3. The van der Waals surface area contributed by atoms with E-state index >= 15 is 0 Å². The van der Waals surface area contributed by atoms with Crippen molar-refractivity contribution in [3.63, 3.8) is 0 Å². The van der Waals surface area contributed by atoms with Gasteiger partial charge >= 0.3 is 5.97 Å². The molecule has 0 spiro atoms. The Kier molecular flexibility index (Phi) is 6.31. The Balaban J connectivity index is 1.51. The number of anilines is 3. The summed E-state index contributed by atoms with van der Waals surface area (Å²) in [7, 11) is 0. The summed E-state index contributed by atoms with van der Waals surface area (Å²) >= 11 is 0. The number of fused-ring (bicyclic) bond motifs is 1. The van der Waals surface area contributed by atoms with Crippen molar-refractivity contribution in [1.82, 2.24) is 0 Å². The Morgan fingerprint density at radius 3 is 2.37 bits per heavy atom. The minimum Gasteiger partial charge on any atom is -0.478 e. The third-order valence-corrected chi connectivity index (χ3v) is 4.21. The second-order valence-corrected chi connectivity index (χ2v) is 6.68. The molecule has 0 aromatic heterocycles. The lowest BCUT2D eigenvalue weighted by Gasteiger charge is -2.25. The van der Waals surface area contributed by atoms with Gasteiger partial charge in [0.05, 0.1) is 12.1 Å². The Bertz CT molecular complexity index is 973. The van der Waals surface area contributed by atoms with Gasteiger partial charge in [-0.3, -0.25) is 19.2 Å². The minimum absolute atomic E-state index is 0.202. The van der Waals surface area contributed by atoms with Gasteiger partial charge in [0.15, 0.2) is 12.2 Å². The van der Waals surface area contributed by atoms with E-state index in [4.69, 9.17) is 9.47 Å². The minimum atomic E-state index is -1.08. The normalized spacial score (nSPS) is 15.7. The van der Waals surface area contributed by atoms with Crippen LogP contribution in [0.4, 0.5) is 17.1 Å². The second-order valence-electron chi connectivity index (χ2n) is 6.68. The number of amides is 3. The molecule has 1 aliphatic heterocycles. The van der Waals surface area contributed by atoms with E-state index in [9.17, 15) is 19.2 Å². The average Bonchev–Trinajstić information content (AvgIpc) is 2.69. The molecule has 0 radical (unpaired) electrons. The highest BCUT2D eigenvalue weighted by Gasteiger charge is 2.31. The van der Waals surface area contributed by atoms with E-state index < -0.39 is 30.0 Å². The Labute approximate surface area is 172 Å². The van der Waals surface area contributed by atoms with Crippen LogP contribution in [0.5, 0.6) is 5.75 Å². The van der Waals surface area contributed by atoms with E-state index in [1.165, 1.54) is 13.8 Å². The number of para-hydroxylation sites is 2. The van der Waals surface area contributed by atoms with Crippen LogP contribution in [-0.4, -0.2) is 35.9 Å². The van der Waals surface area contributed by atoms with E-state index in [0.717, 1.165) is 0 Å². The fraction of sp³-hybridized carbons (Fsp3) is 0.238. The molecule has 3 amide bonds. The zero-order valence-electron chi connectivity index (χ0n) is 16.4. The van der Waals surface area contributed by atoms with Crippen LogP contribution in [0.25, 0.3) is 0 Å². The van der Waals surface area contributed by atoms with Gasteiger partial charge in [0.2, 0.25) is 5.91 Å². The maximum absolute atomic E-state index is 12.3. The summed E-state index contributed by atoms with van der Waals surface area (Å²) in [5.74, 6) is -1.47. The highest BCUT2D eigenvalue weighted by Crippen LogP contribution is 2.29. The third-order valence-electron chi connectivity index (χ3n) is 4.21. The van der Waals surface area contributed by atoms with Crippen LogP contribution >= 0.6 is 0 Å². The summed E-state index contributed by atoms with van der Waals surface area (Å²) in [6, 6.07) is 13.3. The van der Waals surface area contributed by atoms with Crippen molar-refractivity contribution in [2.75, 3.05) is 16.0 Å². The number of esters is 1. The van der Waals surface area contributed by atoms with Crippen molar-refractivity contribution in [1.29, 1.82) is 0 Å². The first-order valence-corrected chi connectivity index (χ1v) is 9.26. The molecule has 0 saturated carbocycles. The molecule has 2 unspecified atom stereocenters. The number of nitrogens with one attached hydrogen (secondary N) is 3. The van der Waals surface area contributed by atoms with Gasteiger partial charge in [0, 0.05) is 18.3 Å². The highest BCUT2D eigenvalue weighted by atomic mass is 16.6. The van der Waals surface area contributed by atoms with Crippen LogP contribution in [0.3, 0.4) is 0 Å². The molecule has 30 heavy (non-hydrogen) atoms. The van der Waals surface area contributed by atoms with Crippen LogP contribution in [0.2, 0.25) is 0 Å². The molecule has 0 saturated heterocycles. The Morgan fingerprint density at radius 1 is 1.07 bits per heavy atom. The average molecular weight is 411 g/mol. The van der Waals surface area contributed by atoms with Gasteiger partial charge in [0.1, 0.15) is 5.75 Å². The molecule has 9 heteroatoms. The molecule has 1 aliphatic rings. The van der Waals surface area contributed by atoms with Crippen LogP contribution in [0.15, 0.2) is 48.5 Å². The van der Waals surface area contributed by atoms with Gasteiger partial charge in [-0.05, 0) is 43.3 Å². The van der Waals surface area contributed by atoms with Gasteiger partial charge in [-0.25, -0.2) is 0 Å². The predicted molar refractivity (Wildman–Crippen MR) is 109 cm³/mol. The summed E-state index contributed by atoms with van der Waals surface area (Å²) in [5, 5.41) is 7.89. The summed E-state index contributed by atoms with van der Waals surface area (Å²) in [6.45, 7) is 2.82. The summed E-state index contributed by atoms with van der Waals surface area (Å²) in [6.07, 6.45) is -2.45. The van der Waals surface area contributed by atoms with Crippen LogP contribution in [-0.2, 0) is 23.9 Å². The topological polar surface area (TPSA) is 123 Å². The summed E-state index contributed by atoms with van der Waals surface area (Å²) in [5.41, 5.74) is 1.60. The van der Waals surface area contributed by atoms with E-state index in [1.54, 1.807) is 48.5 Å². The van der Waals surface area contributed by atoms with Gasteiger partial charge < -0.3 is 25.4 Å². The molecule has 0 aliphatic carbocycles. The van der Waals surface area contributed by atoms with Gasteiger partial charge in [-0.2, -0.15) is 0 Å². The first-order valence-electron chi connectivity index (χ1n) is 9.26. The molecule has 0 bridgehead atoms. The number of ether oxygens (including phenoxy) is 2. The Morgan fingerprint density at radius 2 is 1.70 bits per heavy atom. The highest BCUT2D eigenvalue weighted by molar-refractivity contribution is 6.00. The van der Waals surface area contributed by atoms with Gasteiger partial charge in [0.25, 0.3) is 11.8 Å². The third kappa shape index (κ3) is 5.34. The molecule has 2 aromatic carbocycles. The molecule has 1 heterocycles. The number of hydrogen-bond donors (Lipinski definition) is 3. The first kappa shape index (κ1) is 20.8. The van der Waals surface area contributed by atoms with Gasteiger partial charge in [-0.1, -0.05) is 12.1 Å². The molecule has 2 atom stereocenters. The quantitative estimate of drug-likeness (QED) is 0.627. The van der Waals surface area contributed by atoms with E-state index in [2.05, 4.69) is 16.0 Å². The van der Waals surface area contributed by atoms with E-state index in [1.807, 2.05) is 0 Å². The fourth-order valence-electron chi connectivity index (χ4n) is 2.76. The zero-order chi connectivity index (χ0) is 21.7. The molecule has 3 rings (SSSR count). The van der Waals surface area contributed by atoms with Crippen molar-refractivity contribution in [3.8, 4) is 5.75 Å². The van der Waals surface area contributed by atoms with Crippen LogP contribution < -0.4 is 20.7 Å². The predicted octanol–water partition coefficient (Wildman–Crippen LogP) is 2.31. The lowest BCUT2D eigenvalue weighted by Crippen LogP contribution is -2.40. The maximum atomic E-state index is 12.3. The van der Waals surface area contributed by atoms with Crippen molar-refractivity contribution >= 4 is 40.8 Å². The maximum Gasteiger partial charge on any atom is 0.310 e. The molecular weight excluding hydrogens is 390 g/mol. The molecule has 3 N–H and O–H groups in total. The molecule has 156 valence electrons. The standard InChI is InChI=1S/C21H21N3O6/c1-12(20(27)23-15-9-7-14(8-10-15)22-13(2)25)29-19(26)11-18-21(28)24-16-5-3-4-6-17(16)30-18/h3-10,12,18H,11H2,1-2H3,(H,22,25)(H,23,27)(H,24,28). The van der Waals surface area contributed by atoms with Crippen molar-refractivity contribution in [3.05, 3.63) is 48.5 Å². The molecular formula is C21H21N3O6.